The first kappa shape index (κ1) is 17.1. The number of nitrogens with zero attached hydrogens (tertiary/aromatic N) is 1. The Balaban J connectivity index is 2.45. The average Bonchev–Trinajstić information content (AvgIpc) is 2.45. The van der Waals surface area contributed by atoms with E-state index < -0.39 is 15.6 Å². The molecule has 0 unspecified atom stereocenters. The van der Waals surface area contributed by atoms with Crippen LogP contribution >= 0.6 is 0 Å². The van der Waals surface area contributed by atoms with Crippen molar-refractivity contribution in [1.82, 2.24) is 9.71 Å². The quantitative estimate of drug-likeness (QED) is 0.588. The summed E-state index contributed by atoms with van der Waals surface area (Å²) < 4.78 is 27.5. The molecular weight excluding hydrogens is 312 g/mol. The summed E-state index contributed by atoms with van der Waals surface area (Å²) in [7, 11) is -3.62. The molecule has 0 saturated carbocycles. The number of hydrogen-bond acceptors (Lipinski definition) is 4. The normalized spacial score (nSPS) is 12.1. The van der Waals surface area contributed by atoms with E-state index in [0.29, 0.717) is 17.0 Å². The Labute approximate surface area is 136 Å². The predicted octanol–water partition coefficient (Wildman–Crippen LogP) is 2.11. The number of benzene rings is 1. The second-order valence-electron chi connectivity index (χ2n) is 6.21. The summed E-state index contributed by atoms with van der Waals surface area (Å²) in [6, 6.07) is 11.6. The van der Waals surface area contributed by atoms with Crippen molar-refractivity contribution in [1.29, 1.82) is 5.41 Å². The lowest BCUT2D eigenvalue weighted by Crippen LogP contribution is -2.40. The van der Waals surface area contributed by atoms with Crippen molar-refractivity contribution in [2.45, 2.75) is 31.2 Å². The second-order valence-corrected chi connectivity index (χ2v) is 7.89. The lowest BCUT2D eigenvalue weighted by Gasteiger charge is -2.20. The van der Waals surface area contributed by atoms with Crippen LogP contribution in [0.2, 0.25) is 0 Å². The van der Waals surface area contributed by atoms with Gasteiger partial charge in [-0.05, 0) is 45.0 Å². The molecule has 0 atom stereocenters. The van der Waals surface area contributed by atoms with Crippen LogP contribution in [0, 0.1) is 5.41 Å². The minimum absolute atomic E-state index is 0.134. The van der Waals surface area contributed by atoms with E-state index in [1.54, 1.807) is 57.2 Å². The Bertz CT molecular complexity index is 839. The molecule has 1 aromatic heterocycles. The van der Waals surface area contributed by atoms with E-state index >= 15 is 0 Å². The van der Waals surface area contributed by atoms with E-state index in [9.17, 15) is 8.42 Å². The van der Waals surface area contributed by atoms with Gasteiger partial charge in [0.05, 0.1) is 10.6 Å². The molecule has 0 amide bonds. The number of sulfonamides is 1. The highest BCUT2D eigenvalue weighted by molar-refractivity contribution is 7.89. The van der Waals surface area contributed by atoms with Gasteiger partial charge in [-0.2, -0.15) is 0 Å². The molecule has 2 rings (SSSR count). The van der Waals surface area contributed by atoms with Gasteiger partial charge >= 0.3 is 0 Å². The zero-order valence-electron chi connectivity index (χ0n) is 13.3. The third-order valence-corrected chi connectivity index (χ3v) is 4.66. The van der Waals surface area contributed by atoms with Gasteiger partial charge in [-0.3, -0.25) is 5.41 Å². The maximum absolute atomic E-state index is 12.4. The smallest absolute Gasteiger partial charge is 0.241 e. The standard InChI is InChI=1S/C16H20N4O2S/c1-16(2,3)20-23(21,22)12-7-4-6-11(10-12)13-8-5-9-14(19-13)15(17)18/h4-10,20H,1-3H3,(H3,17,18). The van der Waals surface area contributed by atoms with Gasteiger partial charge in [0.15, 0.2) is 0 Å². The van der Waals surface area contributed by atoms with Crippen LogP contribution in [0.1, 0.15) is 26.5 Å². The summed E-state index contributed by atoms with van der Waals surface area (Å²) in [5.74, 6) is -0.134. The van der Waals surface area contributed by atoms with E-state index in [4.69, 9.17) is 11.1 Å². The van der Waals surface area contributed by atoms with Crippen molar-refractivity contribution < 1.29 is 8.42 Å². The SMILES string of the molecule is CC(C)(C)NS(=O)(=O)c1cccc(-c2cccc(C(=N)N)n2)c1. The van der Waals surface area contributed by atoms with Crippen LogP contribution in [-0.2, 0) is 10.0 Å². The molecule has 0 bridgehead atoms. The van der Waals surface area contributed by atoms with Gasteiger partial charge in [0, 0.05) is 11.1 Å². The van der Waals surface area contributed by atoms with E-state index in [2.05, 4.69) is 9.71 Å². The van der Waals surface area contributed by atoms with Crippen LogP contribution in [0.25, 0.3) is 11.3 Å². The van der Waals surface area contributed by atoms with Crippen molar-refractivity contribution in [3.05, 3.63) is 48.2 Å². The number of nitrogens with two attached hydrogens (primary N) is 1. The zero-order chi connectivity index (χ0) is 17.3. The fraction of sp³-hybridized carbons (Fsp3) is 0.250. The Morgan fingerprint density at radius 2 is 1.83 bits per heavy atom. The molecule has 1 aromatic carbocycles. The van der Waals surface area contributed by atoms with Crippen LogP contribution in [0.5, 0.6) is 0 Å². The van der Waals surface area contributed by atoms with Crippen molar-refractivity contribution in [2.24, 2.45) is 5.73 Å². The minimum Gasteiger partial charge on any atom is -0.382 e. The number of pyridine rings is 1. The molecule has 0 radical (unpaired) electrons. The third kappa shape index (κ3) is 4.37. The Hall–Kier alpha value is -2.25. The lowest BCUT2D eigenvalue weighted by atomic mass is 10.1. The molecular formula is C16H20N4O2S. The molecule has 7 heteroatoms. The molecule has 122 valence electrons. The van der Waals surface area contributed by atoms with Crippen molar-refractivity contribution in [3.8, 4) is 11.3 Å². The summed E-state index contributed by atoms with van der Waals surface area (Å²) >= 11 is 0. The van der Waals surface area contributed by atoms with E-state index in [0.717, 1.165) is 0 Å². The topological polar surface area (TPSA) is 109 Å². The van der Waals surface area contributed by atoms with Crippen LogP contribution in [0.15, 0.2) is 47.4 Å². The van der Waals surface area contributed by atoms with Crippen molar-refractivity contribution >= 4 is 15.9 Å². The zero-order valence-corrected chi connectivity index (χ0v) is 14.1. The minimum atomic E-state index is -3.62. The summed E-state index contributed by atoms with van der Waals surface area (Å²) in [5.41, 5.74) is 6.43. The molecule has 6 nitrogen and oxygen atoms in total. The fourth-order valence-electron chi connectivity index (χ4n) is 2.03. The molecule has 2 aromatic rings. The van der Waals surface area contributed by atoms with Crippen molar-refractivity contribution in [2.75, 3.05) is 0 Å². The number of nitrogens with one attached hydrogen (secondary N) is 2. The molecule has 23 heavy (non-hydrogen) atoms. The molecule has 1 heterocycles. The van der Waals surface area contributed by atoms with E-state index in [1.165, 1.54) is 6.07 Å². The van der Waals surface area contributed by atoms with E-state index in [1.807, 2.05) is 0 Å². The molecule has 0 saturated heterocycles. The highest BCUT2D eigenvalue weighted by atomic mass is 32.2. The van der Waals surface area contributed by atoms with Gasteiger partial charge in [-0.1, -0.05) is 18.2 Å². The third-order valence-electron chi connectivity index (χ3n) is 2.91. The number of amidine groups is 1. The summed E-state index contributed by atoms with van der Waals surface area (Å²) in [4.78, 5) is 4.44. The Morgan fingerprint density at radius 3 is 2.43 bits per heavy atom. The lowest BCUT2D eigenvalue weighted by molar-refractivity contribution is 0.491. The number of rotatable bonds is 4. The molecule has 0 aliphatic carbocycles. The first-order valence-electron chi connectivity index (χ1n) is 7.04. The molecule has 0 aliphatic heterocycles. The van der Waals surface area contributed by atoms with Crippen LogP contribution < -0.4 is 10.5 Å². The van der Waals surface area contributed by atoms with Gasteiger partial charge in [0.25, 0.3) is 0 Å². The maximum Gasteiger partial charge on any atom is 0.241 e. The average molecular weight is 332 g/mol. The highest BCUT2D eigenvalue weighted by Crippen LogP contribution is 2.22. The number of hydrogen-bond donors (Lipinski definition) is 3. The first-order valence-corrected chi connectivity index (χ1v) is 8.53. The van der Waals surface area contributed by atoms with E-state index in [-0.39, 0.29) is 10.7 Å². The molecule has 0 fully saturated rings. The first-order chi connectivity index (χ1) is 10.6. The Kier molecular flexibility index (Phi) is 4.53. The molecule has 0 aliphatic rings. The van der Waals surface area contributed by atoms with Crippen LogP contribution in [-0.4, -0.2) is 24.8 Å². The number of nitrogen functional groups attached to an aromatic ring is 1. The van der Waals surface area contributed by atoms with Gasteiger partial charge in [-0.15, -0.1) is 0 Å². The fourth-order valence-corrected chi connectivity index (χ4v) is 3.49. The molecule has 4 N–H and O–H groups in total. The second kappa shape index (κ2) is 6.10. The van der Waals surface area contributed by atoms with Crippen molar-refractivity contribution in [3.63, 3.8) is 0 Å². The predicted molar refractivity (Wildman–Crippen MR) is 90.8 cm³/mol. The summed E-state index contributed by atoms with van der Waals surface area (Å²) in [6.45, 7) is 5.35. The van der Waals surface area contributed by atoms with Gasteiger partial charge in [0.1, 0.15) is 11.5 Å². The Morgan fingerprint density at radius 1 is 1.17 bits per heavy atom. The van der Waals surface area contributed by atoms with Gasteiger partial charge in [0.2, 0.25) is 10.0 Å². The molecule has 0 spiro atoms. The summed E-state index contributed by atoms with van der Waals surface area (Å²) in [5, 5.41) is 7.44. The van der Waals surface area contributed by atoms with Gasteiger partial charge < -0.3 is 5.73 Å². The highest BCUT2D eigenvalue weighted by Gasteiger charge is 2.22. The summed E-state index contributed by atoms with van der Waals surface area (Å²) in [6.07, 6.45) is 0. The monoisotopic (exact) mass is 332 g/mol. The van der Waals surface area contributed by atoms with Gasteiger partial charge in [-0.25, -0.2) is 18.1 Å². The number of aromatic nitrogens is 1. The van der Waals surface area contributed by atoms with Crippen LogP contribution in [0.4, 0.5) is 0 Å². The maximum atomic E-state index is 12.4. The van der Waals surface area contributed by atoms with Crippen LogP contribution in [0.3, 0.4) is 0 Å². The largest absolute Gasteiger partial charge is 0.382 e.